The number of fused-ring (bicyclic) bond motifs is 1. The molecule has 29 heavy (non-hydrogen) atoms. The van der Waals surface area contributed by atoms with Crippen LogP contribution in [-0.4, -0.2) is 34.2 Å². The van der Waals surface area contributed by atoms with Crippen LogP contribution in [0, 0.1) is 0 Å². The van der Waals surface area contributed by atoms with E-state index in [0.29, 0.717) is 12.5 Å². The van der Waals surface area contributed by atoms with Gasteiger partial charge in [-0.3, -0.25) is 9.36 Å². The maximum absolute atomic E-state index is 11.6. The third-order valence-corrected chi connectivity index (χ3v) is 4.69. The molecule has 0 atom stereocenters. The van der Waals surface area contributed by atoms with Gasteiger partial charge in [-0.15, -0.1) is 0 Å². The van der Waals surface area contributed by atoms with Gasteiger partial charge in [0.25, 0.3) is 0 Å². The summed E-state index contributed by atoms with van der Waals surface area (Å²) in [6.07, 6.45) is 3.78. The quantitative estimate of drug-likeness (QED) is 0.464. The van der Waals surface area contributed by atoms with E-state index >= 15 is 0 Å². The van der Waals surface area contributed by atoms with Crippen LogP contribution < -0.4 is 4.74 Å². The van der Waals surface area contributed by atoms with Gasteiger partial charge in [-0.25, -0.2) is 9.97 Å². The lowest BCUT2D eigenvalue weighted by Crippen LogP contribution is -2.07. The van der Waals surface area contributed by atoms with E-state index in [1.807, 2.05) is 59.2 Å². The predicted octanol–water partition coefficient (Wildman–Crippen LogP) is 4.20. The summed E-state index contributed by atoms with van der Waals surface area (Å²) in [5, 5.41) is 0. The zero-order valence-corrected chi connectivity index (χ0v) is 16.3. The van der Waals surface area contributed by atoms with Gasteiger partial charge in [0.1, 0.15) is 6.33 Å². The number of aromatic nitrogens is 3. The van der Waals surface area contributed by atoms with Gasteiger partial charge < -0.3 is 9.47 Å². The molecule has 0 unspecified atom stereocenters. The summed E-state index contributed by atoms with van der Waals surface area (Å²) in [6.45, 7) is 2.20. The molecule has 4 rings (SSSR count). The number of esters is 1. The number of carbonyl (C=O) groups excluding carboxylic acids is 1. The van der Waals surface area contributed by atoms with Crippen LogP contribution in [-0.2, 0) is 16.0 Å². The van der Waals surface area contributed by atoms with Crippen molar-refractivity contribution in [1.82, 2.24) is 14.5 Å². The normalized spacial score (nSPS) is 10.8. The van der Waals surface area contributed by atoms with Crippen molar-refractivity contribution < 1.29 is 14.3 Å². The number of hydrogen-bond acceptors (Lipinski definition) is 5. The van der Waals surface area contributed by atoms with Crippen LogP contribution in [0.3, 0.4) is 0 Å². The molecule has 0 radical (unpaired) electrons. The molecular weight excluding hydrogens is 366 g/mol. The Hall–Kier alpha value is -3.67. The lowest BCUT2D eigenvalue weighted by molar-refractivity contribution is -0.142. The third kappa shape index (κ3) is 3.82. The van der Waals surface area contributed by atoms with Crippen molar-refractivity contribution in [3.05, 3.63) is 72.7 Å². The van der Waals surface area contributed by atoms with Gasteiger partial charge in [-0.05, 0) is 54.4 Å². The summed E-state index contributed by atoms with van der Waals surface area (Å²) in [7, 11) is 1.62. The fourth-order valence-electron chi connectivity index (χ4n) is 3.31. The van der Waals surface area contributed by atoms with E-state index in [4.69, 9.17) is 9.47 Å². The van der Waals surface area contributed by atoms with E-state index in [1.165, 1.54) is 0 Å². The first-order valence-corrected chi connectivity index (χ1v) is 9.41. The number of rotatable bonds is 6. The highest BCUT2D eigenvalue weighted by atomic mass is 16.5. The van der Waals surface area contributed by atoms with E-state index in [9.17, 15) is 4.79 Å². The van der Waals surface area contributed by atoms with Crippen LogP contribution in [0.4, 0.5) is 0 Å². The van der Waals surface area contributed by atoms with Crippen LogP contribution >= 0.6 is 0 Å². The minimum Gasteiger partial charge on any atom is -0.481 e. The lowest BCUT2D eigenvalue weighted by Gasteiger charge is -2.08. The first-order valence-electron chi connectivity index (χ1n) is 9.41. The van der Waals surface area contributed by atoms with Crippen LogP contribution in [0.1, 0.15) is 12.5 Å². The molecule has 4 aromatic rings. The number of hydrogen-bond donors (Lipinski definition) is 0. The van der Waals surface area contributed by atoms with E-state index in [1.54, 1.807) is 26.6 Å². The first kappa shape index (κ1) is 18.7. The molecule has 0 N–H and O–H groups in total. The van der Waals surface area contributed by atoms with Crippen molar-refractivity contribution in [2.75, 3.05) is 13.7 Å². The maximum atomic E-state index is 11.6. The van der Waals surface area contributed by atoms with Crippen molar-refractivity contribution in [2.24, 2.45) is 0 Å². The van der Waals surface area contributed by atoms with Crippen molar-refractivity contribution in [2.45, 2.75) is 13.3 Å². The Balaban J connectivity index is 1.63. The smallest absolute Gasteiger partial charge is 0.310 e. The summed E-state index contributed by atoms with van der Waals surface area (Å²) in [4.78, 5) is 20.5. The second kappa shape index (κ2) is 8.14. The molecule has 146 valence electrons. The van der Waals surface area contributed by atoms with Crippen molar-refractivity contribution in [3.8, 4) is 22.7 Å². The van der Waals surface area contributed by atoms with Crippen LogP contribution in [0.2, 0.25) is 0 Å². The van der Waals surface area contributed by atoms with Gasteiger partial charge in [0.05, 0.1) is 31.2 Å². The average Bonchev–Trinajstić information content (AvgIpc) is 3.17. The predicted molar refractivity (Wildman–Crippen MR) is 111 cm³/mol. The molecule has 0 saturated carbocycles. The highest BCUT2D eigenvalue weighted by molar-refractivity contribution is 5.84. The maximum Gasteiger partial charge on any atom is 0.310 e. The third-order valence-electron chi connectivity index (χ3n) is 4.69. The van der Waals surface area contributed by atoms with Crippen molar-refractivity contribution >= 4 is 17.0 Å². The first-order chi connectivity index (χ1) is 14.2. The number of carbonyl (C=O) groups is 1. The molecule has 2 aromatic heterocycles. The van der Waals surface area contributed by atoms with Crippen molar-refractivity contribution in [3.63, 3.8) is 0 Å². The minimum absolute atomic E-state index is 0.216. The number of ether oxygens (including phenoxy) is 2. The zero-order valence-electron chi connectivity index (χ0n) is 16.3. The van der Waals surface area contributed by atoms with Gasteiger partial charge in [0, 0.05) is 17.4 Å². The Morgan fingerprint density at radius 1 is 1.07 bits per heavy atom. The molecule has 2 aromatic carbocycles. The summed E-state index contributed by atoms with van der Waals surface area (Å²) >= 11 is 0. The number of benzene rings is 2. The number of nitrogens with zero attached hydrogens (tertiary/aromatic N) is 3. The largest absolute Gasteiger partial charge is 0.481 e. The Kier molecular flexibility index (Phi) is 5.24. The summed E-state index contributed by atoms with van der Waals surface area (Å²) < 4.78 is 12.4. The summed E-state index contributed by atoms with van der Waals surface area (Å²) in [5.74, 6) is 0.371. The Morgan fingerprint density at radius 2 is 1.90 bits per heavy atom. The average molecular weight is 387 g/mol. The highest BCUT2D eigenvalue weighted by Gasteiger charge is 2.11. The second-order valence-corrected chi connectivity index (χ2v) is 6.53. The molecule has 6 heteroatoms. The monoisotopic (exact) mass is 387 g/mol. The van der Waals surface area contributed by atoms with Crippen LogP contribution in [0.15, 0.2) is 67.1 Å². The molecule has 0 spiro atoms. The lowest BCUT2D eigenvalue weighted by atomic mass is 10.1. The minimum atomic E-state index is -0.216. The Labute approximate surface area is 168 Å². The topological polar surface area (TPSA) is 66.2 Å². The summed E-state index contributed by atoms with van der Waals surface area (Å²) in [5.41, 5.74) is 5.69. The SMILES string of the molecule is CCOC(=O)Cc1ccc(-n2cnc3cc(-c4cccnc4OC)ccc32)cc1. The Morgan fingerprint density at radius 3 is 2.66 bits per heavy atom. The van der Waals surface area contributed by atoms with Gasteiger partial charge in [0.15, 0.2) is 0 Å². The molecular formula is C23H21N3O3. The fourth-order valence-corrected chi connectivity index (χ4v) is 3.31. The second-order valence-electron chi connectivity index (χ2n) is 6.53. The molecule has 0 amide bonds. The molecule has 0 bridgehead atoms. The molecule has 6 nitrogen and oxygen atoms in total. The van der Waals surface area contributed by atoms with Crippen LogP contribution in [0.5, 0.6) is 5.88 Å². The zero-order chi connectivity index (χ0) is 20.2. The molecule has 2 heterocycles. The highest BCUT2D eigenvalue weighted by Crippen LogP contribution is 2.30. The van der Waals surface area contributed by atoms with Crippen LogP contribution in [0.25, 0.3) is 27.8 Å². The molecule has 0 saturated heterocycles. The fraction of sp³-hybridized carbons (Fsp3) is 0.174. The summed E-state index contributed by atoms with van der Waals surface area (Å²) in [6, 6.07) is 17.8. The number of methoxy groups -OCH3 is 1. The standard InChI is InChI=1S/C23H21N3O3/c1-3-29-22(27)13-16-6-9-18(10-7-16)26-15-25-20-14-17(8-11-21(20)26)19-5-4-12-24-23(19)28-2/h4-12,14-15H,3,13H2,1-2H3. The van der Waals surface area contributed by atoms with E-state index in [0.717, 1.165) is 33.4 Å². The van der Waals surface area contributed by atoms with Gasteiger partial charge in [-0.1, -0.05) is 18.2 Å². The van der Waals surface area contributed by atoms with E-state index < -0.39 is 0 Å². The van der Waals surface area contributed by atoms with Gasteiger partial charge in [0.2, 0.25) is 5.88 Å². The Bertz CT molecular complexity index is 1150. The van der Waals surface area contributed by atoms with E-state index in [2.05, 4.69) is 9.97 Å². The van der Waals surface area contributed by atoms with Gasteiger partial charge >= 0.3 is 5.97 Å². The molecule has 0 aliphatic rings. The van der Waals surface area contributed by atoms with Crippen molar-refractivity contribution in [1.29, 1.82) is 0 Å². The van der Waals surface area contributed by atoms with E-state index in [-0.39, 0.29) is 12.4 Å². The molecule has 0 aliphatic carbocycles. The number of imidazole rings is 1. The number of pyridine rings is 1. The molecule has 0 fully saturated rings. The van der Waals surface area contributed by atoms with Gasteiger partial charge in [-0.2, -0.15) is 0 Å². The molecule has 0 aliphatic heterocycles.